The van der Waals surface area contributed by atoms with Gasteiger partial charge in [-0.2, -0.15) is 0 Å². The average Bonchev–Trinajstić information content (AvgIpc) is 2.50. The van der Waals surface area contributed by atoms with Crippen LogP contribution in [0.25, 0.3) is 0 Å². The molecule has 1 rings (SSSR count). The molecular weight excluding hydrogens is 252 g/mol. The van der Waals surface area contributed by atoms with Gasteiger partial charge in [0.2, 0.25) is 5.88 Å². The minimum atomic E-state index is 0.644. The predicted molar refractivity (Wildman–Crippen MR) is 83.1 cm³/mol. The normalized spacial score (nSPS) is 11.2. The highest BCUT2D eigenvalue weighted by Crippen LogP contribution is 2.12. The highest BCUT2D eigenvalue weighted by atomic mass is 16.5. The summed E-state index contributed by atoms with van der Waals surface area (Å²) in [5.74, 6) is 1.46. The molecule has 0 aromatic carbocycles. The fourth-order valence-electron chi connectivity index (χ4n) is 1.90. The van der Waals surface area contributed by atoms with Gasteiger partial charge in [-0.15, -0.1) is 0 Å². The summed E-state index contributed by atoms with van der Waals surface area (Å²) in [5.41, 5.74) is 1.02. The topological polar surface area (TPSA) is 58.5 Å². The largest absolute Gasteiger partial charge is 0.481 e. The maximum atomic E-state index is 5.23. The Hall–Kier alpha value is -1.78. The van der Waals surface area contributed by atoms with E-state index >= 15 is 0 Å². The molecule has 5 nitrogen and oxygen atoms in total. The van der Waals surface area contributed by atoms with Crippen molar-refractivity contribution in [2.75, 3.05) is 20.7 Å². The van der Waals surface area contributed by atoms with E-state index in [4.69, 9.17) is 4.74 Å². The molecule has 0 fully saturated rings. The number of hydrogen-bond acceptors (Lipinski definition) is 3. The SMILES string of the molecule is CCCCCCNC(=NC)NCc1cccnc1OC. The van der Waals surface area contributed by atoms with E-state index < -0.39 is 0 Å². The summed E-state index contributed by atoms with van der Waals surface area (Å²) >= 11 is 0. The van der Waals surface area contributed by atoms with Gasteiger partial charge in [-0.05, 0) is 12.5 Å². The number of guanidine groups is 1. The summed E-state index contributed by atoms with van der Waals surface area (Å²) in [5, 5.41) is 6.58. The lowest BCUT2D eigenvalue weighted by Crippen LogP contribution is -2.37. The number of rotatable bonds is 8. The fraction of sp³-hybridized carbons (Fsp3) is 0.600. The van der Waals surface area contributed by atoms with Crippen molar-refractivity contribution in [3.63, 3.8) is 0 Å². The molecule has 0 saturated heterocycles. The minimum Gasteiger partial charge on any atom is -0.481 e. The van der Waals surface area contributed by atoms with E-state index in [1.165, 1.54) is 25.7 Å². The molecule has 20 heavy (non-hydrogen) atoms. The van der Waals surface area contributed by atoms with E-state index in [-0.39, 0.29) is 0 Å². The lowest BCUT2D eigenvalue weighted by atomic mass is 10.2. The third-order valence-electron chi connectivity index (χ3n) is 3.04. The molecule has 0 aliphatic rings. The van der Waals surface area contributed by atoms with Gasteiger partial charge < -0.3 is 15.4 Å². The number of aliphatic imine (C=N–C) groups is 1. The molecule has 0 radical (unpaired) electrons. The van der Waals surface area contributed by atoms with E-state index in [1.54, 1.807) is 20.4 Å². The third-order valence-corrected chi connectivity index (χ3v) is 3.04. The summed E-state index contributed by atoms with van der Waals surface area (Å²) in [6, 6.07) is 3.90. The predicted octanol–water partition coefficient (Wildman–Crippen LogP) is 2.34. The van der Waals surface area contributed by atoms with Crippen molar-refractivity contribution in [2.24, 2.45) is 4.99 Å². The van der Waals surface area contributed by atoms with Gasteiger partial charge in [-0.25, -0.2) is 4.98 Å². The van der Waals surface area contributed by atoms with Crippen LogP contribution in [0.2, 0.25) is 0 Å². The van der Waals surface area contributed by atoms with Gasteiger partial charge in [0.1, 0.15) is 0 Å². The van der Waals surface area contributed by atoms with Crippen LogP contribution in [0.15, 0.2) is 23.3 Å². The average molecular weight is 278 g/mol. The van der Waals surface area contributed by atoms with E-state index in [2.05, 4.69) is 27.5 Å². The summed E-state index contributed by atoms with van der Waals surface area (Å²) in [4.78, 5) is 8.38. The fourth-order valence-corrected chi connectivity index (χ4v) is 1.90. The Labute approximate surface area is 121 Å². The zero-order valence-electron chi connectivity index (χ0n) is 12.8. The first-order valence-electron chi connectivity index (χ1n) is 7.24. The second-order valence-electron chi connectivity index (χ2n) is 4.59. The van der Waals surface area contributed by atoms with Crippen molar-refractivity contribution >= 4 is 5.96 Å². The number of aromatic nitrogens is 1. The van der Waals surface area contributed by atoms with Gasteiger partial charge in [0.25, 0.3) is 0 Å². The zero-order valence-corrected chi connectivity index (χ0v) is 12.8. The molecule has 1 aromatic heterocycles. The van der Waals surface area contributed by atoms with Crippen LogP contribution >= 0.6 is 0 Å². The number of pyridine rings is 1. The third kappa shape index (κ3) is 5.91. The van der Waals surface area contributed by atoms with Crippen molar-refractivity contribution in [1.29, 1.82) is 0 Å². The molecule has 0 aliphatic heterocycles. The van der Waals surface area contributed by atoms with E-state index in [0.29, 0.717) is 12.4 Å². The van der Waals surface area contributed by atoms with Crippen molar-refractivity contribution in [3.05, 3.63) is 23.9 Å². The van der Waals surface area contributed by atoms with Crippen LogP contribution in [-0.2, 0) is 6.54 Å². The molecule has 0 unspecified atom stereocenters. The zero-order chi connectivity index (χ0) is 14.6. The number of ether oxygens (including phenoxy) is 1. The lowest BCUT2D eigenvalue weighted by Gasteiger charge is -2.13. The van der Waals surface area contributed by atoms with Crippen LogP contribution in [0.4, 0.5) is 0 Å². The second-order valence-corrected chi connectivity index (χ2v) is 4.59. The van der Waals surface area contributed by atoms with E-state index in [1.807, 2.05) is 12.1 Å². The Morgan fingerprint density at radius 3 is 2.85 bits per heavy atom. The summed E-state index contributed by atoms with van der Waals surface area (Å²) in [6.45, 7) is 3.81. The van der Waals surface area contributed by atoms with Crippen molar-refractivity contribution in [2.45, 2.75) is 39.2 Å². The number of unbranched alkanes of at least 4 members (excludes halogenated alkanes) is 3. The maximum Gasteiger partial charge on any atom is 0.218 e. The first-order chi connectivity index (χ1) is 9.81. The highest BCUT2D eigenvalue weighted by Gasteiger charge is 2.04. The Balaban J connectivity index is 2.34. The molecule has 0 aliphatic carbocycles. The second kappa shape index (κ2) is 10.1. The van der Waals surface area contributed by atoms with Crippen LogP contribution in [0, 0.1) is 0 Å². The highest BCUT2D eigenvalue weighted by molar-refractivity contribution is 5.79. The molecule has 2 N–H and O–H groups in total. The molecule has 0 spiro atoms. The van der Waals surface area contributed by atoms with Crippen LogP contribution in [0.1, 0.15) is 38.2 Å². The number of nitrogens with one attached hydrogen (secondary N) is 2. The molecular formula is C15H26N4O. The smallest absolute Gasteiger partial charge is 0.218 e. The lowest BCUT2D eigenvalue weighted by molar-refractivity contribution is 0.392. The Morgan fingerprint density at radius 2 is 2.15 bits per heavy atom. The molecule has 0 atom stereocenters. The van der Waals surface area contributed by atoms with Crippen molar-refractivity contribution in [1.82, 2.24) is 15.6 Å². The first kappa shape index (κ1) is 16.3. The van der Waals surface area contributed by atoms with Gasteiger partial charge in [0.05, 0.1) is 7.11 Å². The van der Waals surface area contributed by atoms with Crippen LogP contribution in [0.5, 0.6) is 5.88 Å². The van der Waals surface area contributed by atoms with Gasteiger partial charge in [0, 0.05) is 31.9 Å². The molecule has 5 heteroatoms. The summed E-state index contributed by atoms with van der Waals surface area (Å²) in [7, 11) is 3.41. The molecule has 0 amide bonds. The summed E-state index contributed by atoms with van der Waals surface area (Å²) in [6.07, 6.45) is 6.71. The van der Waals surface area contributed by atoms with E-state index in [9.17, 15) is 0 Å². The number of hydrogen-bond donors (Lipinski definition) is 2. The van der Waals surface area contributed by atoms with Gasteiger partial charge in [0.15, 0.2) is 5.96 Å². The monoisotopic (exact) mass is 278 g/mol. The summed E-state index contributed by atoms with van der Waals surface area (Å²) < 4.78 is 5.23. The first-order valence-corrected chi connectivity index (χ1v) is 7.24. The van der Waals surface area contributed by atoms with E-state index in [0.717, 1.165) is 18.1 Å². The Bertz CT molecular complexity index is 407. The molecule has 1 aromatic rings. The van der Waals surface area contributed by atoms with Gasteiger partial charge in [-0.3, -0.25) is 4.99 Å². The minimum absolute atomic E-state index is 0.644. The number of methoxy groups -OCH3 is 1. The Morgan fingerprint density at radius 1 is 1.30 bits per heavy atom. The molecule has 0 bridgehead atoms. The molecule has 1 heterocycles. The van der Waals surface area contributed by atoms with Gasteiger partial charge in [-0.1, -0.05) is 32.3 Å². The quantitative estimate of drug-likeness (QED) is 0.435. The van der Waals surface area contributed by atoms with Crippen molar-refractivity contribution < 1.29 is 4.74 Å². The van der Waals surface area contributed by atoms with Crippen LogP contribution in [-0.4, -0.2) is 31.6 Å². The molecule has 0 saturated carbocycles. The Kier molecular flexibility index (Phi) is 8.19. The molecule has 112 valence electrons. The number of nitrogens with zero attached hydrogens (tertiary/aromatic N) is 2. The van der Waals surface area contributed by atoms with Crippen LogP contribution < -0.4 is 15.4 Å². The maximum absolute atomic E-state index is 5.23. The van der Waals surface area contributed by atoms with Crippen LogP contribution in [0.3, 0.4) is 0 Å². The standard InChI is InChI=1S/C15H26N4O/c1-4-5-6-7-10-18-15(16-2)19-12-13-9-8-11-17-14(13)20-3/h8-9,11H,4-7,10,12H2,1-3H3,(H2,16,18,19). The van der Waals surface area contributed by atoms with Crippen molar-refractivity contribution in [3.8, 4) is 5.88 Å². The van der Waals surface area contributed by atoms with Gasteiger partial charge >= 0.3 is 0 Å².